The van der Waals surface area contributed by atoms with Crippen molar-refractivity contribution in [3.63, 3.8) is 0 Å². The van der Waals surface area contributed by atoms with Crippen molar-refractivity contribution < 1.29 is 9.53 Å². The van der Waals surface area contributed by atoms with Crippen LogP contribution in [-0.4, -0.2) is 5.97 Å². The van der Waals surface area contributed by atoms with Gasteiger partial charge in [-0.25, -0.2) is 0 Å². The number of hydrogen-bond acceptors (Lipinski definition) is 2. The first-order chi connectivity index (χ1) is 8.95. The highest BCUT2D eigenvalue weighted by Crippen LogP contribution is 2.32. The van der Waals surface area contributed by atoms with Gasteiger partial charge >= 0.3 is 5.97 Å². The molecule has 106 valence electrons. The summed E-state index contributed by atoms with van der Waals surface area (Å²) >= 11 is 6.47. The van der Waals surface area contributed by atoms with E-state index in [1.165, 1.54) is 12.5 Å². The molecular formula is C16H23ClO2. The van der Waals surface area contributed by atoms with Crippen LogP contribution < -0.4 is 0 Å². The number of carbonyl (C=O) groups excluding carboxylic acids is 1. The third-order valence-corrected chi connectivity index (χ3v) is 3.64. The largest absolute Gasteiger partial charge is 0.425 e. The summed E-state index contributed by atoms with van der Waals surface area (Å²) in [6, 6.07) is 0. The van der Waals surface area contributed by atoms with E-state index < -0.39 is 0 Å². The van der Waals surface area contributed by atoms with Crippen molar-refractivity contribution in [1.82, 2.24) is 0 Å². The zero-order valence-corrected chi connectivity index (χ0v) is 13.1. The van der Waals surface area contributed by atoms with Gasteiger partial charge in [0.15, 0.2) is 0 Å². The molecule has 0 atom stereocenters. The van der Waals surface area contributed by atoms with E-state index in [-0.39, 0.29) is 5.97 Å². The molecule has 0 unspecified atom stereocenters. The van der Waals surface area contributed by atoms with Crippen LogP contribution in [0.1, 0.15) is 59.8 Å². The maximum Gasteiger partial charge on any atom is 0.308 e. The summed E-state index contributed by atoms with van der Waals surface area (Å²) in [5, 5.41) is 0.597. The number of rotatable bonds is 4. The monoisotopic (exact) mass is 282 g/mol. The Morgan fingerprint density at radius 1 is 1.37 bits per heavy atom. The number of allylic oxidation sites excluding steroid dienone is 5. The van der Waals surface area contributed by atoms with Crippen molar-refractivity contribution in [2.24, 2.45) is 0 Å². The van der Waals surface area contributed by atoms with Crippen molar-refractivity contribution in [2.75, 3.05) is 0 Å². The summed E-state index contributed by atoms with van der Waals surface area (Å²) in [7, 11) is 0. The van der Waals surface area contributed by atoms with Gasteiger partial charge in [-0.3, -0.25) is 4.79 Å². The first-order valence-electron chi connectivity index (χ1n) is 6.90. The van der Waals surface area contributed by atoms with E-state index in [0.717, 1.165) is 43.3 Å². The SMILES string of the molecule is CCCCC1=C(Cl)/C(OC(C)=O)=C(/C)CC/C(C)=C\1. The fraction of sp³-hybridized carbons (Fsp3) is 0.562. The minimum Gasteiger partial charge on any atom is -0.425 e. The van der Waals surface area contributed by atoms with Crippen LogP contribution in [0.4, 0.5) is 0 Å². The quantitative estimate of drug-likeness (QED) is 0.659. The lowest BCUT2D eigenvalue weighted by atomic mass is 9.97. The average molecular weight is 283 g/mol. The van der Waals surface area contributed by atoms with E-state index in [1.54, 1.807) is 0 Å². The number of hydrogen-bond donors (Lipinski definition) is 0. The Morgan fingerprint density at radius 2 is 2.05 bits per heavy atom. The van der Waals surface area contributed by atoms with E-state index in [2.05, 4.69) is 19.9 Å². The van der Waals surface area contributed by atoms with Gasteiger partial charge in [0.05, 0.1) is 5.03 Å². The Hall–Kier alpha value is -1.02. The second-order valence-corrected chi connectivity index (χ2v) is 5.51. The molecular weight excluding hydrogens is 260 g/mol. The minimum atomic E-state index is -0.316. The zero-order valence-electron chi connectivity index (χ0n) is 12.3. The molecule has 0 amide bonds. The molecule has 0 saturated heterocycles. The maximum absolute atomic E-state index is 11.2. The molecule has 0 spiro atoms. The van der Waals surface area contributed by atoms with Crippen LogP contribution in [0, 0.1) is 0 Å². The molecule has 3 heteroatoms. The van der Waals surface area contributed by atoms with E-state index >= 15 is 0 Å². The van der Waals surface area contributed by atoms with Crippen molar-refractivity contribution in [2.45, 2.75) is 59.8 Å². The molecule has 0 aromatic rings. The molecule has 0 saturated carbocycles. The van der Waals surface area contributed by atoms with Gasteiger partial charge in [-0.05, 0) is 50.7 Å². The van der Waals surface area contributed by atoms with Gasteiger partial charge < -0.3 is 4.74 Å². The molecule has 0 aromatic heterocycles. The molecule has 0 N–H and O–H groups in total. The van der Waals surface area contributed by atoms with Gasteiger partial charge in [-0.1, -0.05) is 36.6 Å². The normalized spacial score (nSPS) is 27.3. The lowest BCUT2D eigenvalue weighted by Crippen LogP contribution is -2.05. The summed E-state index contributed by atoms with van der Waals surface area (Å²) < 4.78 is 5.32. The number of ether oxygens (including phenoxy) is 1. The van der Waals surface area contributed by atoms with Crippen LogP contribution in [0.2, 0.25) is 0 Å². The molecule has 1 rings (SSSR count). The third-order valence-electron chi connectivity index (χ3n) is 3.23. The smallest absolute Gasteiger partial charge is 0.308 e. The number of unbranched alkanes of at least 4 members (excludes halogenated alkanes) is 1. The number of esters is 1. The Balaban J connectivity index is 3.19. The van der Waals surface area contributed by atoms with Crippen molar-refractivity contribution in [3.05, 3.63) is 33.6 Å². The summed E-state index contributed by atoms with van der Waals surface area (Å²) in [5.41, 5.74) is 3.45. The third kappa shape index (κ3) is 4.87. The highest BCUT2D eigenvalue weighted by Gasteiger charge is 2.17. The highest BCUT2D eigenvalue weighted by atomic mass is 35.5. The lowest BCUT2D eigenvalue weighted by Gasteiger charge is -2.17. The molecule has 1 aliphatic carbocycles. The standard InChI is InChI=1S/C16H23ClO2/c1-5-6-7-14-10-11(2)8-9-12(3)16(15(14)17)19-13(4)18/h10H,5-9H2,1-4H3/b11-10-,15-14+,16-12+. The van der Waals surface area contributed by atoms with E-state index in [1.807, 2.05) is 6.92 Å². The second kappa shape index (κ2) is 7.54. The Bertz CT molecular complexity index is 442. The molecule has 19 heavy (non-hydrogen) atoms. The van der Waals surface area contributed by atoms with Crippen LogP contribution in [-0.2, 0) is 9.53 Å². The molecule has 0 heterocycles. The first-order valence-corrected chi connectivity index (χ1v) is 7.27. The first kappa shape index (κ1) is 16.0. The predicted octanol–water partition coefficient (Wildman–Crippen LogP) is 5.25. The Kier molecular flexibility index (Phi) is 6.36. The zero-order chi connectivity index (χ0) is 14.4. The topological polar surface area (TPSA) is 26.3 Å². The van der Waals surface area contributed by atoms with Gasteiger partial charge in [0.1, 0.15) is 5.76 Å². The average Bonchev–Trinajstić information content (AvgIpc) is 2.36. The summed E-state index contributed by atoms with van der Waals surface area (Å²) in [4.78, 5) is 11.2. The molecule has 0 fully saturated rings. The molecule has 0 radical (unpaired) electrons. The maximum atomic E-state index is 11.2. The Morgan fingerprint density at radius 3 is 2.63 bits per heavy atom. The number of carbonyl (C=O) groups is 1. The van der Waals surface area contributed by atoms with Crippen LogP contribution in [0.25, 0.3) is 0 Å². The molecule has 2 nitrogen and oxygen atoms in total. The van der Waals surface area contributed by atoms with Gasteiger partial charge in [-0.15, -0.1) is 0 Å². The minimum absolute atomic E-state index is 0.316. The van der Waals surface area contributed by atoms with Crippen molar-refractivity contribution in [1.29, 1.82) is 0 Å². The highest BCUT2D eigenvalue weighted by molar-refractivity contribution is 6.32. The van der Waals surface area contributed by atoms with E-state index in [4.69, 9.17) is 16.3 Å². The summed E-state index contributed by atoms with van der Waals surface area (Å²) in [6.07, 6.45) is 7.13. The van der Waals surface area contributed by atoms with E-state index in [0.29, 0.717) is 10.8 Å². The van der Waals surface area contributed by atoms with Crippen LogP contribution in [0.3, 0.4) is 0 Å². The second-order valence-electron chi connectivity index (χ2n) is 5.14. The van der Waals surface area contributed by atoms with Crippen molar-refractivity contribution in [3.8, 4) is 0 Å². The van der Waals surface area contributed by atoms with Crippen LogP contribution in [0.15, 0.2) is 33.6 Å². The molecule has 0 bridgehead atoms. The lowest BCUT2D eigenvalue weighted by molar-refractivity contribution is -0.136. The van der Waals surface area contributed by atoms with Gasteiger partial charge in [-0.2, -0.15) is 0 Å². The molecule has 0 aliphatic heterocycles. The molecule has 0 aromatic carbocycles. The Labute approximate surface area is 121 Å². The van der Waals surface area contributed by atoms with Gasteiger partial charge in [0.2, 0.25) is 0 Å². The van der Waals surface area contributed by atoms with Crippen LogP contribution >= 0.6 is 11.6 Å². The summed E-state index contributed by atoms with van der Waals surface area (Å²) in [5.74, 6) is 0.243. The van der Waals surface area contributed by atoms with Crippen molar-refractivity contribution >= 4 is 17.6 Å². The van der Waals surface area contributed by atoms with Crippen LogP contribution in [0.5, 0.6) is 0 Å². The molecule has 1 aliphatic rings. The van der Waals surface area contributed by atoms with Gasteiger partial charge in [0.25, 0.3) is 0 Å². The fourth-order valence-electron chi connectivity index (χ4n) is 2.09. The van der Waals surface area contributed by atoms with E-state index in [9.17, 15) is 4.79 Å². The predicted molar refractivity (Wildman–Crippen MR) is 79.9 cm³/mol. The fourth-order valence-corrected chi connectivity index (χ4v) is 2.44. The summed E-state index contributed by atoms with van der Waals surface area (Å²) in [6.45, 7) is 7.68. The number of halogens is 1. The van der Waals surface area contributed by atoms with Gasteiger partial charge in [0, 0.05) is 6.92 Å².